The smallest absolute Gasteiger partial charge is 0.0682 e. The van der Waals surface area contributed by atoms with E-state index < -0.39 is 0 Å². The summed E-state index contributed by atoms with van der Waals surface area (Å²) < 4.78 is 1.20. The first-order valence-electron chi connectivity index (χ1n) is 7.73. The highest BCUT2D eigenvalue weighted by atomic mass is 79.9. The van der Waals surface area contributed by atoms with Crippen LogP contribution in [0, 0.1) is 0 Å². The summed E-state index contributed by atoms with van der Waals surface area (Å²) in [7, 11) is 0. The predicted molar refractivity (Wildman–Crippen MR) is 97.3 cm³/mol. The molecule has 2 unspecified atom stereocenters. The van der Waals surface area contributed by atoms with E-state index in [1.54, 1.807) is 0 Å². The molecule has 0 aliphatic rings. The fourth-order valence-corrected chi connectivity index (χ4v) is 4.12. The molecular weight excluding hydrogens is 342 g/mol. The minimum absolute atomic E-state index is 0.283. The topological polar surface area (TPSA) is 12.0 Å². The second kappa shape index (κ2) is 8.11. The number of rotatable bonds is 7. The summed E-state index contributed by atoms with van der Waals surface area (Å²) in [5, 5.41) is 5.82. The molecule has 1 aromatic carbocycles. The van der Waals surface area contributed by atoms with Crippen LogP contribution in [0.3, 0.4) is 0 Å². The quantitative estimate of drug-likeness (QED) is 0.623. The van der Waals surface area contributed by atoms with Gasteiger partial charge in [-0.1, -0.05) is 45.0 Å². The van der Waals surface area contributed by atoms with Crippen LogP contribution in [0.5, 0.6) is 0 Å². The van der Waals surface area contributed by atoms with Crippen molar-refractivity contribution in [3.8, 4) is 0 Å². The van der Waals surface area contributed by atoms with Gasteiger partial charge in [-0.25, -0.2) is 0 Å². The van der Waals surface area contributed by atoms with Crippen LogP contribution in [0.2, 0.25) is 0 Å². The molecule has 2 rings (SSSR count). The fraction of sp³-hybridized carbons (Fsp3) is 0.444. The van der Waals surface area contributed by atoms with Crippen molar-refractivity contribution >= 4 is 27.3 Å². The third kappa shape index (κ3) is 4.18. The Labute approximate surface area is 140 Å². The van der Waals surface area contributed by atoms with Crippen molar-refractivity contribution in [2.45, 2.75) is 45.6 Å². The van der Waals surface area contributed by atoms with Crippen molar-refractivity contribution in [3.05, 3.63) is 56.2 Å². The first-order chi connectivity index (χ1) is 10.2. The van der Waals surface area contributed by atoms with E-state index in [2.05, 4.69) is 77.7 Å². The SMILES string of the molecule is CCCNC(c1ccc(C(C)CC)cc1)c1sccc1Br. The molecule has 1 N–H and O–H groups in total. The molecule has 0 amide bonds. The highest BCUT2D eigenvalue weighted by molar-refractivity contribution is 9.10. The zero-order valence-corrected chi connectivity index (χ0v) is 15.4. The van der Waals surface area contributed by atoms with E-state index in [1.165, 1.54) is 26.9 Å². The van der Waals surface area contributed by atoms with Crippen LogP contribution in [-0.2, 0) is 0 Å². The Balaban J connectivity index is 2.26. The minimum atomic E-state index is 0.283. The molecule has 0 saturated carbocycles. The van der Waals surface area contributed by atoms with Crippen LogP contribution in [-0.4, -0.2) is 6.54 Å². The monoisotopic (exact) mass is 365 g/mol. The van der Waals surface area contributed by atoms with Crippen molar-refractivity contribution in [2.75, 3.05) is 6.54 Å². The van der Waals surface area contributed by atoms with Crippen molar-refractivity contribution in [3.63, 3.8) is 0 Å². The van der Waals surface area contributed by atoms with Crippen molar-refractivity contribution in [1.29, 1.82) is 0 Å². The Morgan fingerprint density at radius 2 is 1.76 bits per heavy atom. The first-order valence-corrected chi connectivity index (χ1v) is 9.40. The van der Waals surface area contributed by atoms with Gasteiger partial charge in [0.2, 0.25) is 0 Å². The summed E-state index contributed by atoms with van der Waals surface area (Å²) in [5.74, 6) is 0.634. The van der Waals surface area contributed by atoms with Gasteiger partial charge in [0.1, 0.15) is 0 Å². The lowest BCUT2D eigenvalue weighted by Gasteiger charge is -2.19. The average Bonchev–Trinajstić information content (AvgIpc) is 2.94. The average molecular weight is 366 g/mol. The lowest BCUT2D eigenvalue weighted by atomic mass is 9.95. The Bertz CT molecular complexity index is 547. The second-order valence-electron chi connectivity index (χ2n) is 5.50. The van der Waals surface area contributed by atoms with Gasteiger partial charge in [-0.15, -0.1) is 11.3 Å². The molecule has 0 aliphatic carbocycles. The molecule has 2 aromatic rings. The Morgan fingerprint density at radius 3 is 2.29 bits per heavy atom. The molecule has 0 fully saturated rings. The maximum atomic E-state index is 3.68. The number of benzene rings is 1. The van der Waals surface area contributed by atoms with Crippen LogP contribution in [0.1, 0.15) is 61.6 Å². The van der Waals surface area contributed by atoms with Gasteiger partial charge in [0, 0.05) is 9.35 Å². The minimum Gasteiger partial charge on any atom is -0.306 e. The molecule has 0 aliphatic heterocycles. The third-order valence-corrected chi connectivity index (χ3v) is 5.89. The lowest BCUT2D eigenvalue weighted by Crippen LogP contribution is -2.22. The Hall–Kier alpha value is -0.640. The van der Waals surface area contributed by atoms with Crippen LogP contribution in [0.15, 0.2) is 40.2 Å². The fourth-order valence-electron chi connectivity index (χ4n) is 2.41. The molecule has 0 saturated heterocycles. The van der Waals surface area contributed by atoms with Crippen LogP contribution >= 0.6 is 27.3 Å². The van der Waals surface area contributed by atoms with E-state index in [1.807, 2.05) is 11.3 Å². The summed E-state index contributed by atoms with van der Waals surface area (Å²) >= 11 is 5.48. The van der Waals surface area contributed by atoms with Gasteiger partial charge in [-0.3, -0.25) is 0 Å². The van der Waals surface area contributed by atoms with Crippen molar-refractivity contribution < 1.29 is 0 Å². The number of hydrogen-bond donors (Lipinski definition) is 1. The van der Waals surface area contributed by atoms with E-state index in [0.29, 0.717) is 5.92 Å². The lowest BCUT2D eigenvalue weighted by molar-refractivity contribution is 0.604. The standard InChI is InChI=1S/C18H24BrNS/c1-4-11-20-17(18-16(19)10-12-21-18)15-8-6-14(7-9-15)13(3)5-2/h6-10,12-13,17,20H,4-5,11H2,1-3H3. The zero-order chi connectivity index (χ0) is 15.2. The maximum absolute atomic E-state index is 3.68. The van der Waals surface area contributed by atoms with Gasteiger partial charge in [0.25, 0.3) is 0 Å². The van der Waals surface area contributed by atoms with Crippen LogP contribution in [0.4, 0.5) is 0 Å². The summed E-state index contributed by atoms with van der Waals surface area (Å²) in [4.78, 5) is 1.36. The molecule has 3 heteroatoms. The summed E-state index contributed by atoms with van der Waals surface area (Å²) in [6.07, 6.45) is 2.33. The van der Waals surface area contributed by atoms with E-state index >= 15 is 0 Å². The van der Waals surface area contributed by atoms with Gasteiger partial charge < -0.3 is 5.32 Å². The van der Waals surface area contributed by atoms with Gasteiger partial charge in [0.15, 0.2) is 0 Å². The van der Waals surface area contributed by atoms with Gasteiger partial charge in [-0.2, -0.15) is 0 Å². The Morgan fingerprint density at radius 1 is 1.10 bits per heavy atom. The van der Waals surface area contributed by atoms with E-state index in [9.17, 15) is 0 Å². The Kier molecular flexibility index (Phi) is 6.46. The number of hydrogen-bond acceptors (Lipinski definition) is 2. The van der Waals surface area contributed by atoms with Gasteiger partial charge >= 0.3 is 0 Å². The first kappa shape index (κ1) is 16.7. The molecule has 114 valence electrons. The van der Waals surface area contributed by atoms with Crippen LogP contribution in [0.25, 0.3) is 0 Å². The number of thiophene rings is 1. The number of halogens is 1. The van der Waals surface area contributed by atoms with Crippen LogP contribution < -0.4 is 5.32 Å². The summed E-state index contributed by atoms with van der Waals surface area (Å²) in [5.41, 5.74) is 2.78. The maximum Gasteiger partial charge on any atom is 0.0682 e. The highest BCUT2D eigenvalue weighted by Crippen LogP contribution is 2.33. The molecule has 1 aromatic heterocycles. The molecule has 0 spiro atoms. The third-order valence-electron chi connectivity index (χ3n) is 3.96. The van der Waals surface area contributed by atoms with Crippen molar-refractivity contribution in [2.24, 2.45) is 0 Å². The molecule has 21 heavy (non-hydrogen) atoms. The second-order valence-corrected chi connectivity index (χ2v) is 7.30. The molecule has 0 bridgehead atoms. The van der Waals surface area contributed by atoms with Gasteiger partial charge in [-0.05, 0) is 63.8 Å². The molecular formula is C18H24BrNS. The largest absolute Gasteiger partial charge is 0.306 e. The normalized spacial score (nSPS) is 14.1. The highest BCUT2D eigenvalue weighted by Gasteiger charge is 2.17. The van der Waals surface area contributed by atoms with E-state index in [4.69, 9.17) is 0 Å². The van der Waals surface area contributed by atoms with Gasteiger partial charge in [0.05, 0.1) is 6.04 Å². The zero-order valence-electron chi connectivity index (χ0n) is 13.0. The molecule has 2 atom stereocenters. The molecule has 1 nitrogen and oxygen atoms in total. The van der Waals surface area contributed by atoms with E-state index in [-0.39, 0.29) is 6.04 Å². The molecule has 1 heterocycles. The predicted octanol–water partition coefficient (Wildman–Crippen LogP) is 6.11. The summed E-state index contributed by atoms with van der Waals surface area (Å²) in [6.45, 7) is 7.77. The molecule has 0 radical (unpaired) electrons. The van der Waals surface area contributed by atoms with Crippen molar-refractivity contribution in [1.82, 2.24) is 5.32 Å². The summed E-state index contributed by atoms with van der Waals surface area (Å²) in [6, 6.07) is 11.5. The number of nitrogens with one attached hydrogen (secondary N) is 1. The van der Waals surface area contributed by atoms with E-state index in [0.717, 1.165) is 13.0 Å².